The highest BCUT2D eigenvalue weighted by atomic mass is 32.2. The van der Waals surface area contributed by atoms with Gasteiger partial charge in [-0.3, -0.25) is 19.5 Å². The molecule has 0 aliphatic carbocycles. The van der Waals surface area contributed by atoms with E-state index in [4.69, 9.17) is 4.74 Å². The minimum atomic E-state index is -0.880. The molecular formula is C26H20N4O4S2. The third kappa shape index (κ3) is 4.60. The summed E-state index contributed by atoms with van der Waals surface area (Å²) in [5, 5.41) is 19.9. The number of Topliss-reactive ketones (excluding diaryl/α,β-unsaturated/α-hetero) is 1. The molecule has 8 nitrogen and oxygen atoms in total. The zero-order valence-corrected chi connectivity index (χ0v) is 20.7. The zero-order valence-electron chi connectivity index (χ0n) is 19.1. The first-order valence-corrected chi connectivity index (χ1v) is 12.7. The van der Waals surface area contributed by atoms with Gasteiger partial charge in [-0.25, -0.2) is 0 Å². The maximum Gasteiger partial charge on any atom is 0.301 e. The number of carbonyl (C=O) groups excluding carboxylic acids is 2. The first kappa shape index (κ1) is 23.7. The number of ether oxygens (including phenoxy) is 1. The van der Waals surface area contributed by atoms with Crippen LogP contribution in [0.1, 0.15) is 22.7 Å². The van der Waals surface area contributed by atoms with Crippen molar-refractivity contribution in [1.82, 2.24) is 15.2 Å². The molecule has 1 saturated heterocycles. The van der Waals surface area contributed by atoms with E-state index in [0.717, 1.165) is 5.56 Å². The van der Waals surface area contributed by atoms with Gasteiger partial charge in [-0.2, -0.15) is 0 Å². The fraction of sp³-hybridized carbons (Fsp3) is 0.115. The third-order valence-electron chi connectivity index (χ3n) is 5.64. The smallest absolute Gasteiger partial charge is 0.301 e. The number of benzene rings is 2. The highest BCUT2D eigenvalue weighted by Gasteiger charge is 2.48. The molecule has 2 aromatic carbocycles. The van der Waals surface area contributed by atoms with Crippen molar-refractivity contribution >= 4 is 45.7 Å². The Morgan fingerprint density at radius 1 is 1.03 bits per heavy atom. The van der Waals surface area contributed by atoms with E-state index >= 15 is 0 Å². The van der Waals surface area contributed by atoms with Crippen molar-refractivity contribution in [2.24, 2.45) is 0 Å². The minimum Gasteiger partial charge on any atom is -0.507 e. The Morgan fingerprint density at radius 2 is 1.75 bits per heavy atom. The highest BCUT2D eigenvalue weighted by Crippen LogP contribution is 2.44. The summed E-state index contributed by atoms with van der Waals surface area (Å²) in [5.74, 6) is -0.545. The summed E-state index contributed by atoms with van der Waals surface area (Å²) in [6, 6.07) is 19.1. The van der Waals surface area contributed by atoms with Crippen LogP contribution < -0.4 is 9.64 Å². The second kappa shape index (κ2) is 10.3. The van der Waals surface area contributed by atoms with Crippen LogP contribution >= 0.6 is 23.1 Å². The zero-order chi connectivity index (χ0) is 25.1. The van der Waals surface area contributed by atoms with Crippen LogP contribution in [0.3, 0.4) is 0 Å². The standard InChI is InChI=1S/C26H20N4O4S2/c1-34-19-9-7-18(8-10-19)22(31)20-21(17-11-13-27-14-12-17)30(24(33)23(20)32)25-28-29-26(36-25)35-15-16-5-3-2-4-6-16/h2-14,21,31H,15H2,1H3/t21-/m0/s1. The molecule has 1 amide bonds. The number of aromatic nitrogens is 3. The largest absolute Gasteiger partial charge is 0.507 e. The molecule has 0 radical (unpaired) electrons. The number of hydrogen-bond acceptors (Lipinski definition) is 9. The Labute approximate surface area is 215 Å². The van der Waals surface area contributed by atoms with Crippen LogP contribution in [-0.4, -0.2) is 39.1 Å². The number of nitrogens with zero attached hydrogens (tertiary/aromatic N) is 4. The average molecular weight is 517 g/mol. The number of pyridine rings is 1. The molecule has 5 rings (SSSR count). The lowest BCUT2D eigenvalue weighted by Gasteiger charge is -2.22. The molecule has 0 saturated carbocycles. The minimum absolute atomic E-state index is 0.0231. The molecule has 3 heterocycles. The summed E-state index contributed by atoms with van der Waals surface area (Å²) < 4.78 is 5.84. The normalized spacial score (nSPS) is 16.9. The van der Waals surface area contributed by atoms with Gasteiger partial charge in [0.05, 0.1) is 18.7 Å². The number of thioether (sulfide) groups is 1. The van der Waals surface area contributed by atoms with Gasteiger partial charge in [0.2, 0.25) is 5.13 Å². The van der Waals surface area contributed by atoms with Gasteiger partial charge in [0.15, 0.2) is 4.34 Å². The third-order valence-corrected chi connectivity index (χ3v) is 7.76. The lowest BCUT2D eigenvalue weighted by molar-refractivity contribution is -0.132. The lowest BCUT2D eigenvalue weighted by atomic mass is 9.96. The van der Waals surface area contributed by atoms with Gasteiger partial charge in [-0.1, -0.05) is 53.4 Å². The van der Waals surface area contributed by atoms with Crippen molar-refractivity contribution in [3.8, 4) is 5.75 Å². The van der Waals surface area contributed by atoms with Gasteiger partial charge in [0, 0.05) is 23.7 Å². The SMILES string of the molecule is COc1ccc(C(O)=C2C(=O)C(=O)N(c3nnc(SCc4ccccc4)s3)[C@H]2c2ccncc2)cc1. The van der Waals surface area contributed by atoms with Crippen molar-refractivity contribution < 1.29 is 19.4 Å². The van der Waals surface area contributed by atoms with E-state index in [-0.39, 0.29) is 16.5 Å². The van der Waals surface area contributed by atoms with E-state index in [9.17, 15) is 14.7 Å². The molecule has 36 heavy (non-hydrogen) atoms. The van der Waals surface area contributed by atoms with E-state index in [1.165, 1.54) is 35.1 Å². The lowest BCUT2D eigenvalue weighted by Crippen LogP contribution is -2.29. The molecular weight excluding hydrogens is 496 g/mol. The van der Waals surface area contributed by atoms with Gasteiger partial charge in [-0.05, 0) is 47.5 Å². The van der Waals surface area contributed by atoms with Gasteiger partial charge in [0.25, 0.3) is 5.78 Å². The molecule has 1 aliphatic rings. The van der Waals surface area contributed by atoms with Crippen molar-refractivity contribution in [3.05, 3.63) is 101 Å². The van der Waals surface area contributed by atoms with Crippen LogP contribution in [0.15, 0.2) is 89.0 Å². The van der Waals surface area contributed by atoms with Crippen molar-refractivity contribution in [2.75, 3.05) is 12.0 Å². The fourth-order valence-electron chi connectivity index (χ4n) is 3.87. The quantitative estimate of drug-likeness (QED) is 0.122. The van der Waals surface area contributed by atoms with E-state index < -0.39 is 17.7 Å². The maximum atomic E-state index is 13.3. The molecule has 2 aromatic heterocycles. The predicted octanol–water partition coefficient (Wildman–Crippen LogP) is 4.86. The van der Waals surface area contributed by atoms with E-state index in [1.807, 2.05) is 30.3 Å². The maximum absolute atomic E-state index is 13.3. The van der Waals surface area contributed by atoms with Gasteiger partial charge in [0.1, 0.15) is 11.5 Å². The number of rotatable bonds is 7. The second-order valence-corrected chi connectivity index (χ2v) is 9.98. The molecule has 0 unspecified atom stereocenters. The van der Waals surface area contributed by atoms with Crippen molar-refractivity contribution in [2.45, 2.75) is 16.1 Å². The van der Waals surface area contributed by atoms with Crippen molar-refractivity contribution in [3.63, 3.8) is 0 Å². The van der Waals surface area contributed by atoms with Crippen LogP contribution in [-0.2, 0) is 15.3 Å². The Morgan fingerprint density at radius 3 is 2.44 bits per heavy atom. The first-order valence-electron chi connectivity index (χ1n) is 10.9. The molecule has 1 atom stereocenters. The number of methoxy groups -OCH3 is 1. The molecule has 180 valence electrons. The first-order chi connectivity index (χ1) is 17.6. The molecule has 0 spiro atoms. The number of aliphatic hydroxyl groups is 1. The molecule has 0 bridgehead atoms. The van der Waals surface area contributed by atoms with E-state index in [0.29, 0.717) is 27.0 Å². The summed E-state index contributed by atoms with van der Waals surface area (Å²) in [4.78, 5) is 31.8. The van der Waals surface area contributed by atoms with Gasteiger partial charge in [-0.15, -0.1) is 10.2 Å². The summed E-state index contributed by atoms with van der Waals surface area (Å²) >= 11 is 2.72. The molecule has 4 aromatic rings. The van der Waals surface area contributed by atoms with Gasteiger partial charge < -0.3 is 9.84 Å². The van der Waals surface area contributed by atoms with Crippen LogP contribution in [0.5, 0.6) is 5.75 Å². The summed E-state index contributed by atoms with van der Waals surface area (Å²) in [7, 11) is 1.54. The van der Waals surface area contributed by atoms with Gasteiger partial charge >= 0.3 is 5.91 Å². The fourth-order valence-corrected chi connectivity index (χ4v) is 5.70. The molecule has 1 aliphatic heterocycles. The van der Waals surface area contributed by atoms with E-state index in [2.05, 4.69) is 15.2 Å². The van der Waals surface area contributed by atoms with E-state index in [1.54, 1.807) is 48.8 Å². The number of carbonyl (C=O) groups is 2. The summed E-state index contributed by atoms with van der Waals surface area (Å²) in [6.07, 6.45) is 3.15. The highest BCUT2D eigenvalue weighted by molar-refractivity contribution is 8.00. The number of ketones is 1. The average Bonchev–Trinajstić information content (AvgIpc) is 3.50. The van der Waals surface area contributed by atoms with Crippen LogP contribution in [0.2, 0.25) is 0 Å². The monoisotopic (exact) mass is 516 g/mol. The summed E-state index contributed by atoms with van der Waals surface area (Å²) in [6.45, 7) is 0. The Bertz CT molecular complexity index is 1420. The number of hydrogen-bond donors (Lipinski definition) is 1. The van der Waals surface area contributed by atoms with Crippen LogP contribution in [0.4, 0.5) is 5.13 Å². The predicted molar refractivity (Wildman–Crippen MR) is 138 cm³/mol. The number of anilines is 1. The van der Waals surface area contributed by atoms with Crippen molar-refractivity contribution in [1.29, 1.82) is 0 Å². The second-order valence-electron chi connectivity index (χ2n) is 7.80. The molecule has 1 fully saturated rings. The molecule has 1 N–H and O–H groups in total. The number of aliphatic hydroxyl groups excluding tert-OH is 1. The Balaban J connectivity index is 1.53. The summed E-state index contributed by atoms with van der Waals surface area (Å²) in [5.41, 5.74) is 2.12. The topological polar surface area (TPSA) is 106 Å². The van der Waals surface area contributed by atoms with Crippen LogP contribution in [0.25, 0.3) is 5.76 Å². The Kier molecular flexibility index (Phi) is 6.79. The van der Waals surface area contributed by atoms with Crippen LogP contribution in [0, 0.1) is 0 Å². The number of amides is 1. The molecule has 10 heteroatoms. The Hall–Kier alpha value is -4.02.